The summed E-state index contributed by atoms with van der Waals surface area (Å²) in [5, 5.41) is 6.20. The lowest BCUT2D eigenvalue weighted by molar-refractivity contribution is 0.768. The fourth-order valence-electron chi connectivity index (χ4n) is 1.57. The number of hydrogen-bond acceptors (Lipinski definition) is 3. The lowest BCUT2D eigenvalue weighted by atomic mass is 10.2. The van der Waals surface area contributed by atoms with Gasteiger partial charge in [-0.05, 0) is 23.6 Å². The molecule has 15 heavy (non-hydrogen) atoms. The summed E-state index contributed by atoms with van der Waals surface area (Å²) in [6.45, 7) is 0. The third-order valence-corrected chi connectivity index (χ3v) is 3.18. The van der Waals surface area contributed by atoms with Gasteiger partial charge < -0.3 is 0 Å². The Balaban J connectivity index is 2.18. The molecule has 4 heteroatoms. The summed E-state index contributed by atoms with van der Waals surface area (Å²) in [6, 6.07) is 6.19. The first-order valence-electron chi connectivity index (χ1n) is 4.66. The van der Waals surface area contributed by atoms with Crippen LogP contribution in [-0.4, -0.2) is 14.8 Å². The molecule has 74 valence electrons. The highest BCUT2D eigenvalue weighted by Crippen LogP contribution is 2.23. The smallest absolute Gasteiger partial charge is 0.0817 e. The molecule has 0 aliphatic rings. The van der Waals surface area contributed by atoms with Crippen LogP contribution >= 0.6 is 11.3 Å². The number of aryl methyl sites for hydroxylation is 1. The number of hydrogen-bond donors (Lipinski definition) is 0. The topological polar surface area (TPSA) is 30.7 Å². The van der Waals surface area contributed by atoms with E-state index in [0.29, 0.717) is 0 Å². The van der Waals surface area contributed by atoms with Gasteiger partial charge >= 0.3 is 0 Å². The van der Waals surface area contributed by atoms with Crippen LogP contribution in [0.25, 0.3) is 21.5 Å². The minimum absolute atomic E-state index is 0.981. The van der Waals surface area contributed by atoms with Gasteiger partial charge in [0.05, 0.1) is 22.1 Å². The molecule has 3 heterocycles. The van der Waals surface area contributed by atoms with Gasteiger partial charge in [-0.15, -0.1) is 11.3 Å². The van der Waals surface area contributed by atoms with Crippen molar-refractivity contribution in [3.05, 3.63) is 36.0 Å². The molecule has 0 saturated heterocycles. The Labute approximate surface area is 91.0 Å². The fraction of sp³-hybridized carbons (Fsp3) is 0.0909. The van der Waals surface area contributed by atoms with E-state index >= 15 is 0 Å². The van der Waals surface area contributed by atoms with Gasteiger partial charge in [0.2, 0.25) is 0 Å². The van der Waals surface area contributed by atoms with Gasteiger partial charge in [0, 0.05) is 18.8 Å². The maximum atomic E-state index is 4.58. The summed E-state index contributed by atoms with van der Waals surface area (Å²) < 4.78 is 3.01. The van der Waals surface area contributed by atoms with Crippen LogP contribution in [0.5, 0.6) is 0 Å². The average Bonchev–Trinajstić information content (AvgIpc) is 2.84. The van der Waals surface area contributed by atoms with Crippen molar-refractivity contribution in [1.82, 2.24) is 14.8 Å². The van der Waals surface area contributed by atoms with E-state index in [9.17, 15) is 0 Å². The molecule has 0 spiro atoms. The third kappa shape index (κ3) is 1.43. The molecule has 3 nitrogen and oxygen atoms in total. The van der Waals surface area contributed by atoms with Crippen molar-refractivity contribution in [3.8, 4) is 11.3 Å². The van der Waals surface area contributed by atoms with Crippen molar-refractivity contribution in [3.63, 3.8) is 0 Å². The number of rotatable bonds is 1. The Morgan fingerprint density at radius 1 is 1.27 bits per heavy atom. The van der Waals surface area contributed by atoms with E-state index in [4.69, 9.17) is 0 Å². The normalized spacial score (nSPS) is 11.0. The minimum atomic E-state index is 0.981. The molecule has 0 atom stereocenters. The molecule has 0 aliphatic heterocycles. The SMILES string of the molecule is Cn1cc(-c2ccc3sccc3n2)cn1. The summed E-state index contributed by atoms with van der Waals surface area (Å²) in [5.41, 5.74) is 3.10. The van der Waals surface area contributed by atoms with Crippen molar-refractivity contribution < 1.29 is 0 Å². The Bertz CT molecular complexity index is 609. The molecule has 0 aliphatic carbocycles. The summed E-state index contributed by atoms with van der Waals surface area (Å²) in [6.07, 6.45) is 3.81. The molecule has 0 radical (unpaired) electrons. The average molecular weight is 215 g/mol. The number of aromatic nitrogens is 3. The van der Waals surface area contributed by atoms with Crippen molar-refractivity contribution in [2.24, 2.45) is 7.05 Å². The minimum Gasteiger partial charge on any atom is -0.275 e. The molecule has 3 aromatic heterocycles. The standard InChI is InChI=1S/C11H9N3S/c1-14-7-8(6-12-14)9-2-3-11-10(13-9)4-5-15-11/h2-7H,1H3. The van der Waals surface area contributed by atoms with Gasteiger partial charge in [-0.2, -0.15) is 5.10 Å². The fourth-order valence-corrected chi connectivity index (χ4v) is 2.29. The van der Waals surface area contributed by atoms with Crippen LogP contribution in [0.3, 0.4) is 0 Å². The second-order valence-electron chi connectivity index (χ2n) is 3.40. The quantitative estimate of drug-likeness (QED) is 0.625. The Morgan fingerprint density at radius 2 is 2.20 bits per heavy atom. The van der Waals surface area contributed by atoms with E-state index in [2.05, 4.69) is 21.5 Å². The number of fused-ring (bicyclic) bond motifs is 1. The van der Waals surface area contributed by atoms with Crippen LogP contribution in [0, 0.1) is 0 Å². The molecular weight excluding hydrogens is 206 g/mol. The van der Waals surface area contributed by atoms with Gasteiger partial charge in [0.1, 0.15) is 0 Å². The predicted molar refractivity (Wildman–Crippen MR) is 61.8 cm³/mol. The van der Waals surface area contributed by atoms with E-state index < -0.39 is 0 Å². The van der Waals surface area contributed by atoms with Crippen molar-refractivity contribution in [1.29, 1.82) is 0 Å². The molecule has 0 fully saturated rings. The second-order valence-corrected chi connectivity index (χ2v) is 4.35. The second kappa shape index (κ2) is 3.17. The zero-order valence-electron chi connectivity index (χ0n) is 8.21. The number of nitrogens with zero attached hydrogens (tertiary/aromatic N) is 3. The van der Waals surface area contributed by atoms with Crippen LogP contribution in [-0.2, 0) is 7.05 Å². The van der Waals surface area contributed by atoms with Crippen molar-refractivity contribution in [2.75, 3.05) is 0 Å². The van der Waals surface area contributed by atoms with E-state index in [1.807, 2.05) is 31.6 Å². The van der Waals surface area contributed by atoms with Crippen LogP contribution in [0.1, 0.15) is 0 Å². The number of pyridine rings is 1. The maximum absolute atomic E-state index is 4.58. The first kappa shape index (κ1) is 8.61. The molecule has 0 amide bonds. The third-order valence-electron chi connectivity index (χ3n) is 2.31. The van der Waals surface area contributed by atoms with Gasteiger partial charge in [-0.25, -0.2) is 4.98 Å². The Kier molecular flexibility index (Phi) is 1.82. The van der Waals surface area contributed by atoms with Gasteiger partial charge in [-0.3, -0.25) is 4.68 Å². The van der Waals surface area contributed by atoms with E-state index in [0.717, 1.165) is 16.8 Å². The molecular formula is C11H9N3S. The Hall–Kier alpha value is -1.68. The zero-order valence-corrected chi connectivity index (χ0v) is 9.03. The van der Waals surface area contributed by atoms with E-state index in [-0.39, 0.29) is 0 Å². The molecule has 3 aromatic rings. The molecule has 0 unspecified atom stereocenters. The lowest BCUT2D eigenvalue weighted by Gasteiger charge is -1.95. The highest BCUT2D eigenvalue weighted by Gasteiger charge is 2.03. The molecule has 0 saturated carbocycles. The van der Waals surface area contributed by atoms with Crippen LogP contribution in [0.4, 0.5) is 0 Å². The molecule has 3 rings (SSSR count). The molecule has 0 bridgehead atoms. The van der Waals surface area contributed by atoms with Gasteiger partial charge in [0.25, 0.3) is 0 Å². The van der Waals surface area contributed by atoms with Crippen molar-refractivity contribution in [2.45, 2.75) is 0 Å². The van der Waals surface area contributed by atoms with Gasteiger partial charge in [0.15, 0.2) is 0 Å². The predicted octanol–water partition coefficient (Wildman–Crippen LogP) is 2.70. The highest BCUT2D eigenvalue weighted by molar-refractivity contribution is 7.17. The maximum Gasteiger partial charge on any atom is 0.0817 e. The molecule has 0 N–H and O–H groups in total. The summed E-state index contributed by atoms with van der Waals surface area (Å²) in [7, 11) is 1.91. The summed E-state index contributed by atoms with van der Waals surface area (Å²) in [4.78, 5) is 4.58. The largest absolute Gasteiger partial charge is 0.275 e. The van der Waals surface area contributed by atoms with Gasteiger partial charge in [-0.1, -0.05) is 0 Å². The van der Waals surface area contributed by atoms with Crippen LogP contribution in [0.2, 0.25) is 0 Å². The monoisotopic (exact) mass is 215 g/mol. The van der Waals surface area contributed by atoms with E-state index in [1.165, 1.54) is 4.70 Å². The highest BCUT2D eigenvalue weighted by atomic mass is 32.1. The number of thiophene rings is 1. The zero-order chi connectivity index (χ0) is 10.3. The van der Waals surface area contributed by atoms with E-state index in [1.54, 1.807) is 16.0 Å². The first-order chi connectivity index (χ1) is 7.33. The summed E-state index contributed by atoms with van der Waals surface area (Å²) >= 11 is 1.71. The first-order valence-corrected chi connectivity index (χ1v) is 5.54. The Morgan fingerprint density at radius 3 is 3.00 bits per heavy atom. The molecule has 0 aromatic carbocycles. The summed E-state index contributed by atoms with van der Waals surface area (Å²) in [5.74, 6) is 0. The lowest BCUT2D eigenvalue weighted by Crippen LogP contribution is -1.84. The van der Waals surface area contributed by atoms with Crippen LogP contribution < -0.4 is 0 Å². The van der Waals surface area contributed by atoms with Crippen LogP contribution in [0.15, 0.2) is 36.0 Å². The van der Waals surface area contributed by atoms with Crippen molar-refractivity contribution >= 4 is 21.6 Å².